The summed E-state index contributed by atoms with van der Waals surface area (Å²) < 4.78 is 0. The smallest absolute Gasteiger partial charge is 0.219 e. The van der Waals surface area contributed by atoms with Gasteiger partial charge in [-0.1, -0.05) is 19.1 Å². The maximum Gasteiger partial charge on any atom is 0.219 e. The van der Waals surface area contributed by atoms with E-state index in [0.29, 0.717) is 19.0 Å². The highest BCUT2D eigenvalue weighted by Gasteiger charge is 2.23. The molecule has 4 heteroatoms. The average molecular weight is 289 g/mol. The van der Waals surface area contributed by atoms with Crippen LogP contribution in [0, 0.1) is 0 Å². The predicted octanol–water partition coefficient (Wildman–Crippen LogP) is 2.42. The maximum atomic E-state index is 11.6. The van der Waals surface area contributed by atoms with Crippen LogP contribution in [0.25, 0.3) is 0 Å². The number of hydrogen-bond acceptors (Lipinski definition) is 3. The number of nitrogens with zero attached hydrogens (tertiary/aromatic N) is 2. The summed E-state index contributed by atoms with van der Waals surface area (Å²) in [4.78, 5) is 16.2. The Morgan fingerprint density at radius 2 is 1.86 bits per heavy atom. The summed E-state index contributed by atoms with van der Waals surface area (Å²) >= 11 is 0. The third-order valence-corrected chi connectivity index (χ3v) is 4.19. The number of benzene rings is 1. The first-order valence-electron chi connectivity index (χ1n) is 7.90. The van der Waals surface area contributed by atoms with Gasteiger partial charge in [0.05, 0.1) is 6.04 Å². The van der Waals surface area contributed by atoms with Gasteiger partial charge in [-0.05, 0) is 43.6 Å². The number of carbonyl (C=O) groups excluding carboxylic acids is 1. The summed E-state index contributed by atoms with van der Waals surface area (Å²) in [7, 11) is 4.10. The van der Waals surface area contributed by atoms with E-state index in [-0.39, 0.29) is 5.91 Å². The molecular formula is C17H27N3O. The lowest BCUT2D eigenvalue weighted by Gasteiger charge is -2.28. The fourth-order valence-electron chi connectivity index (χ4n) is 2.84. The Morgan fingerprint density at radius 1 is 1.24 bits per heavy atom. The molecule has 4 nitrogen and oxygen atoms in total. The normalized spacial score (nSPS) is 16.7. The molecule has 1 fully saturated rings. The largest absolute Gasteiger partial charge is 0.378 e. The number of likely N-dealkylation sites (tertiary alicyclic amines) is 1. The molecule has 0 aliphatic carbocycles. The molecule has 1 atom stereocenters. The van der Waals surface area contributed by atoms with E-state index >= 15 is 0 Å². The van der Waals surface area contributed by atoms with Gasteiger partial charge >= 0.3 is 0 Å². The number of carbonyl (C=O) groups is 1. The minimum Gasteiger partial charge on any atom is -0.378 e. The Bertz CT molecular complexity index is 450. The average Bonchev–Trinajstić information content (AvgIpc) is 3.01. The van der Waals surface area contributed by atoms with Crippen LogP contribution < -0.4 is 10.2 Å². The number of rotatable bonds is 6. The number of hydrogen-bond donors (Lipinski definition) is 1. The third-order valence-electron chi connectivity index (χ3n) is 4.19. The van der Waals surface area contributed by atoms with Crippen molar-refractivity contribution in [1.29, 1.82) is 0 Å². The van der Waals surface area contributed by atoms with Crippen molar-refractivity contribution in [2.75, 3.05) is 38.6 Å². The molecule has 2 rings (SSSR count). The highest BCUT2D eigenvalue weighted by molar-refractivity contribution is 5.75. The molecule has 0 radical (unpaired) electrons. The van der Waals surface area contributed by atoms with Crippen LogP contribution in [-0.4, -0.2) is 44.5 Å². The Hall–Kier alpha value is -1.55. The first-order chi connectivity index (χ1) is 10.1. The van der Waals surface area contributed by atoms with Gasteiger partial charge in [0.2, 0.25) is 5.91 Å². The highest BCUT2D eigenvalue weighted by Crippen LogP contribution is 2.26. The molecular weight excluding hydrogens is 262 g/mol. The number of nitrogens with one attached hydrogen (secondary N) is 1. The minimum atomic E-state index is 0.129. The Morgan fingerprint density at radius 3 is 2.38 bits per heavy atom. The lowest BCUT2D eigenvalue weighted by molar-refractivity contribution is -0.121. The van der Waals surface area contributed by atoms with E-state index in [4.69, 9.17) is 0 Å². The van der Waals surface area contributed by atoms with Crippen molar-refractivity contribution in [3.63, 3.8) is 0 Å². The second kappa shape index (κ2) is 7.46. The molecule has 1 heterocycles. The lowest BCUT2D eigenvalue weighted by atomic mass is 10.0. The Labute approximate surface area is 128 Å². The standard InChI is InChI=1S/C17H27N3O/c1-4-17(21)18-13-16(20-11-5-6-12-20)14-7-9-15(10-8-14)19(2)3/h7-10,16H,4-6,11-13H2,1-3H3,(H,18,21). The molecule has 1 amide bonds. The zero-order chi connectivity index (χ0) is 15.2. The van der Waals surface area contributed by atoms with Crippen LogP contribution in [0.3, 0.4) is 0 Å². The summed E-state index contributed by atoms with van der Waals surface area (Å²) in [5, 5.41) is 3.05. The van der Waals surface area contributed by atoms with Crippen molar-refractivity contribution in [1.82, 2.24) is 10.2 Å². The van der Waals surface area contributed by atoms with Crippen molar-refractivity contribution in [3.05, 3.63) is 29.8 Å². The summed E-state index contributed by atoms with van der Waals surface area (Å²) in [5.41, 5.74) is 2.50. The molecule has 21 heavy (non-hydrogen) atoms. The van der Waals surface area contributed by atoms with Gasteiger partial charge in [0.15, 0.2) is 0 Å². The van der Waals surface area contributed by atoms with E-state index in [1.54, 1.807) is 0 Å². The summed E-state index contributed by atoms with van der Waals surface area (Å²) in [6.07, 6.45) is 3.06. The Kier molecular flexibility index (Phi) is 5.62. The first-order valence-corrected chi connectivity index (χ1v) is 7.90. The number of amides is 1. The van der Waals surface area contributed by atoms with Crippen LogP contribution in [0.2, 0.25) is 0 Å². The molecule has 1 aromatic carbocycles. The van der Waals surface area contributed by atoms with Crippen LogP contribution in [-0.2, 0) is 4.79 Å². The number of anilines is 1. The molecule has 1 saturated heterocycles. The van der Waals surface area contributed by atoms with Crippen molar-refractivity contribution >= 4 is 11.6 Å². The van der Waals surface area contributed by atoms with Crippen molar-refractivity contribution < 1.29 is 4.79 Å². The molecule has 1 unspecified atom stereocenters. The van der Waals surface area contributed by atoms with Crippen LogP contribution in [0.4, 0.5) is 5.69 Å². The van der Waals surface area contributed by atoms with Gasteiger partial charge in [-0.25, -0.2) is 0 Å². The summed E-state index contributed by atoms with van der Waals surface area (Å²) in [6, 6.07) is 8.98. The topological polar surface area (TPSA) is 35.6 Å². The van der Waals surface area contributed by atoms with Gasteiger partial charge in [0.1, 0.15) is 0 Å². The van der Waals surface area contributed by atoms with Gasteiger partial charge in [0.25, 0.3) is 0 Å². The molecule has 1 aliphatic heterocycles. The van der Waals surface area contributed by atoms with E-state index in [2.05, 4.69) is 53.5 Å². The minimum absolute atomic E-state index is 0.129. The highest BCUT2D eigenvalue weighted by atomic mass is 16.1. The second-order valence-corrected chi connectivity index (χ2v) is 5.90. The second-order valence-electron chi connectivity index (χ2n) is 5.90. The maximum absolute atomic E-state index is 11.6. The molecule has 0 saturated carbocycles. The molecule has 1 N–H and O–H groups in total. The van der Waals surface area contributed by atoms with E-state index in [1.165, 1.54) is 24.1 Å². The molecule has 116 valence electrons. The van der Waals surface area contributed by atoms with Crippen LogP contribution in [0.1, 0.15) is 37.8 Å². The monoisotopic (exact) mass is 289 g/mol. The van der Waals surface area contributed by atoms with Gasteiger partial charge in [-0.3, -0.25) is 9.69 Å². The summed E-state index contributed by atoms with van der Waals surface area (Å²) in [5.74, 6) is 0.129. The van der Waals surface area contributed by atoms with E-state index in [9.17, 15) is 4.79 Å². The van der Waals surface area contributed by atoms with Gasteiger partial charge < -0.3 is 10.2 Å². The van der Waals surface area contributed by atoms with Crippen molar-refractivity contribution in [3.8, 4) is 0 Å². The molecule has 0 spiro atoms. The van der Waals surface area contributed by atoms with Crippen LogP contribution >= 0.6 is 0 Å². The van der Waals surface area contributed by atoms with Gasteiger partial charge in [0, 0.05) is 32.7 Å². The van der Waals surface area contributed by atoms with E-state index in [0.717, 1.165) is 13.1 Å². The fourth-order valence-corrected chi connectivity index (χ4v) is 2.84. The van der Waals surface area contributed by atoms with Gasteiger partial charge in [-0.2, -0.15) is 0 Å². The molecule has 0 bridgehead atoms. The molecule has 1 aromatic rings. The predicted molar refractivity (Wildman–Crippen MR) is 87.6 cm³/mol. The van der Waals surface area contributed by atoms with Crippen molar-refractivity contribution in [2.45, 2.75) is 32.2 Å². The SMILES string of the molecule is CCC(=O)NCC(c1ccc(N(C)C)cc1)N1CCCC1. The zero-order valence-electron chi connectivity index (χ0n) is 13.4. The lowest BCUT2D eigenvalue weighted by Crippen LogP contribution is -2.36. The quantitative estimate of drug-likeness (QED) is 0.873. The molecule has 0 aromatic heterocycles. The van der Waals surface area contributed by atoms with Crippen LogP contribution in [0.5, 0.6) is 0 Å². The van der Waals surface area contributed by atoms with E-state index < -0.39 is 0 Å². The van der Waals surface area contributed by atoms with Crippen LogP contribution in [0.15, 0.2) is 24.3 Å². The fraction of sp³-hybridized carbons (Fsp3) is 0.588. The third kappa shape index (κ3) is 4.21. The zero-order valence-corrected chi connectivity index (χ0v) is 13.4. The molecule has 1 aliphatic rings. The van der Waals surface area contributed by atoms with Gasteiger partial charge in [-0.15, -0.1) is 0 Å². The van der Waals surface area contributed by atoms with Crippen molar-refractivity contribution in [2.24, 2.45) is 0 Å². The Balaban J connectivity index is 2.11. The summed E-state index contributed by atoms with van der Waals surface area (Å²) in [6.45, 7) is 4.85. The van der Waals surface area contributed by atoms with E-state index in [1.807, 2.05) is 6.92 Å². The first kappa shape index (κ1) is 15.8.